The minimum Gasteiger partial charge on any atom is -0.361 e. The van der Waals surface area contributed by atoms with Gasteiger partial charge in [0.25, 0.3) is 0 Å². The molecule has 0 saturated heterocycles. The van der Waals surface area contributed by atoms with Crippen LogP contribution in [-0.2, 0) is 32.1 Å². The highest BCUT2D eigenvalue weighted by Gasteiger charge is 2.40. The van der Waals surface area contributed by atoms with Gasteiger partial charge in [0.1, 0.15) is 0 Å². The van der Waals surface area contributed by atoms with Crippen LogP contribution in [0.15, 0.2) is 36.5 Å². The summed E-state index contributed by atoms with van der Waals surface area (Å²) in [4.78, 5) is 16.8. The molecule has 14 rings (SSSR count). The molecule has 7 unspecified atom stereocenters. The molecule has 4 aromatic heterocycles. The molecule has 0 fully saturated rings. The van der Waals surface area contributed by atoms with Gasteiger partial charge >= 0.3 is 0 Å². The van der Waals surface area contributed by atoms with Crippen molar-refractivity contribution in [1.29, 1.82) is 0 Å². The topological polar surface area (TPSA) is 63.2 Å². The predicted molar refractivity (Wildman–Crippen MR) is 194 cm³/mol. The Kier molecular flexibility index (Phi) is 5.98. The second kappa shape index (κ2) is 10.2. The maximum absolute atomic E-state index is 4.20. The number of aromatic nitrogens is 4. The average Bonchev–Trinajstić information content (AvgIpc) is 3.90. The first-order chi connectivity index (χ1) is 23.6. The molecule has 0 saturated carbocycles. The number of nitrogens with one attached hydrogen (secondary N) is 4. The van der Waals surface area contributed by atoms with E-state index in [2.05, 4.69) is 77.2 Å². The molecular weight excluding hydrogens is 585 g/mol. The van der Waals surface area contributed by atoms with E-state index in [0.29, 0.717) is 41.4 Å². The first kappa shape index (κ1) is 28.2. The molecule has 4 N–H and O–H groups in total. The Labute approximate surface area is 285 Å². The molecule has 5 heterocycles. The Balaban J connectivity index is 1.16. The molecule has 0 radical (unpaired) electrons. The van der Waals surface area contributed by atoms with Crippen molar-refractivity contribution in [3.8, 4) is 0 Å². The lowest BCUT2D eigenvalue weighted by molar-refractivity contribution is 0.546. The van der Waals surface area contributed by atoms with Crippen LogP contribution >= 0.6 is 0 Å². The minimum absolute atomic E-state index is 0.544. The Bertz CT molecular complexity index is 2080. The molecule has 246 valence electrons. The van der Waals surface area contributed by atoms with E-state index < -0.39 is 0 Å². The van der Waals surface area contributed by atoms with Crippen molar-refractivity contribution in [3.05, 3.63) is 127 Å². The van der Waals surface area contributed by atoms with Crippen molar-refractivity contribution in [1.82, 2.24) is 19.9 Å². The molecule has 1 aliphatic heterocycles. The molecule has 7 atom stereocenters. The van der Waals surface area contributed by atoms with E-state index in [1.54, 1.807) is 44.5 Å². The van der Waals surface area contributed by atoms with Crippen LogP contribution in [0.2, 0.25) is 0 Å². The van der Waals surface area contributed by atoms with Crippen LogP contribution in [0, 0.1) is 0 Å². The summed E-state index contributed by atoms with van der Waals surface area (Å²) in [6.07, 6.45) is 29.2. The molecule has 4 nitrogen and oxygen atoms in total. The Morgan fingerprint density at radius 3 is 1.04 bits per heavy atom. The van der Waals surface area contributed by atoms with Crippen LogP contribution < -0.4 is 0 Å². The lowest BCUT2D eigenvalue weighted by Crippen LogP contribution is -2.19. The molecule has 4 heteroatoms. The highest BCUT2D eigenvalue weighted by Crippen LogP contribution is 2.53. The average molecular weight is 635 g/mol. The van der Waals surface area contributed by atoms with Crippen LogP contribution in [0.4, 0.5) is 0 Å². The number of hydrogen-bond donors (Lipinski definition) is 4. The molecule has 48 heavy (non-hydrogen) atoms. The van der Waals surface area contributed by atoms with E-state index in [1.807, 2.05) is 0 Å². The highest BCUT2D eigenvalue weighted by molar-refractivity contribution is 5.59. The summed E-state index contributed by atoms with van der Waals surface area (Å²) in [7, 11) is 0. The molecule has 9 aliphatic carbocycles. The third-order valence-corrected chi connectivity index (χ3v) is 14.2. The van der Waals surface area contributed by atoms with Crippen LogP contribution in [0.5, 0.6) is 0 Å². The standard InChI is InChI=1S/C44H50N4/c1-4-22(3)38-29(5-2)30-18-32-39-23-6-8-25(9-7-23)41(39)34(46-32)20-36-43-27-14-16-28(17-15-27)44(43)37(48-36)21-35-42-26-12-10-24(11-13-26)40(42)33(47-35)19-31(38)45-30/h6,8,10,12,14,16,22-28,45-48H,4-5,7,9,11,13,15,17-21H2,1-3H3. The first-order valence-electron chi connectivity index (χ1n) is 19.6. The van der Waals surface area contributed by atoms with E-state index in [9.17, 15) is 0 Å². The lowest BCUT2D eigenvalue weighted by Gasteiger charge is -2.34. The van der Waals surface area contributed by atoms with Gasteiger partial charge in [-0.05, 0) is 102 Å². The predicted octanol–water partition coefficient (Wildman–Crippen LogP) is 10.3. The summed E-state index contributed by atoms with van der Waals surface area (Å²) in [6.45, 7) is 7.22. The van der Waals surface area contributed by atoms with Gasteiger partial charge in [0.15, 0.2) is 0 Å². The zero-order chi connectivity index (χ0) is 31.8. The SMILES string of the molecule is CCc1c2[nH]c(c1C(C)CC)Cc1[nH]c(c3c1C1C=CC3CC1)Cc1[nH]c(c3c1C1C=CC3CC1)Cc1[nH]c(c3c1C1C=CC3CC1)C2. The molecule has 0 aromatic carbocycles. The van der Waals surface area contributed by atoms with Crippen LogP contribution in [0.25, 0.3) is 0 Å². The van der Waals surface area contributed by atoms with Crippen LogP contribution in [0.1, 0.15) is 197 Å². The van der Waals surface area contributed by atoms with E-state index in [0.717, 1.165) is 32.1 Å². The normalized spacial score (nSPS) is 29.0. The fourth-order valence-electron chi connectivity index (χ4n) is 12.1. The number of hydrogen-bond acceptors (Lipinski definition) is 0. The number of fused-ring (bicyclic) bond motifs is 11. The summed E-state index contributed by atoms with van der Waals surface area (Å²) < 4.78 is 0. The monoisotopic (exact) mass is 634 g/mol. The van der Waals surface area contributed by atoms with Gasteiger partial charge in [-0.15, -0.1) is 0 Å². The fraction of sp³-hybridized carbons (Fsp3) is 0.500. The molecule has 4 aromatic rings. The van der Waals surface area contributed by atoms with Crippen molar-refractivity contribution in [3.63, 3.8) is 0 Å². The van der Waals surface area contributed by atoms with Crippen molar-refractivity contribution < 1.29 is 0 Å². The lowest BCUT2D eigenvalue weighted by atomic mass is 9.69. The third-order valence-electron chi connectivity index (χ3n) is 14.2. The Hall–Kier alpha value is -3.66. The maximum Gasteiger partial charge on any atom is 0.0284 e. The largest absolute Gasteiger partial charge is 0.361 e. The van der Waals surface area contributed by atoms with E-state index in [4.69, 9.17) is 0 Å². The van der Waals surface area contributed by atoms with Gasteiger partial charge < -0.3 is 19.9 Å². The zero-order valence-corrected chi connectivity index (χ0v) is 29.0. The van der Waals surface area contributed by atoms with Gasteiger partial charge in [0, 0.05) is 107 Å². The second-order valence-electron chi connectivity index (χ2n) is 16.6. The molecule has 14 bridgehead atoms. The summed E-state index contributed by atoms with van der Waals surface area (Å²) in [5.41, 5.74) is 24.9. The van der Waals surface area contributed by atoms with E-state index in [1.165, 1.54) is 90.5 Å². The van der Waals surface area contributed by atoms with Gasteiger partial charge in [-0.3, -0.25) is 0 Å². The van der Waals surface area contributed by atoms with E-state index >= 15 is 0 Å². The number of allylic oxidation sites excluding steroid dienone is 6. The van der Waals surface area contributed by atoms with Crippen molar-refractivity contribution in [2.45, 2.75) is 139 Å². The Morgan fingerprint density at radius 2 is 0.750 bits per heavy atom. The first-order valence-corrected chi connectivity index (χ1v) is 19.6. The van der Waals surface area contributed by atoms with Crippen LogP contribution in [0.3, 0.4) is 0 Å². The number of rotatable bonds is 3. The third kappa shape index (κ3) is 3.78. The molecule has 0 amide bonds. The fourth-order valence-corrected chi connectivity index (χ4v) is 12.1. The summed E-state index contributed by atoms with van der Waals surface area (Å²) in [5, 5.41) is 0. The smallest absolute Gasteiger partial charge is 0.0284 e. The minimum atomic E-state index is 0.544. The van der Waals surface area contributed by atoms with E-state index in [-0.39, 0.29) is 0 Å². The molecule has 0 spiro atoms. The van der Waals surface area contributed by atoms with Gasteiger partial charge in [0.2, 0.25) is 0 Å². The van der Waals surface area contributed by atoms with Crippen molar-refractivity contribution in [2.75, 3.05) is 0 Å². The van der Waals surface area contributed by atoms with Crippen molar-refractivity contribution in [2.24, 2.45) is 0 Å². The van der Waals surface area contributed by atoms with Crippen molar-refractivity contribution >= 4 is 0 Å². The summed E-state index contributed by atoms with van der Waals surface area (Å²) in [6, 6.07) is 0. The second-order valence-corrected chi connectivity index (χ2v) is 16.6. The molecular formula is C44H50N4. The zero-order valence-electron chi connectivity index (χ0n) is 29.0. The maximum atomic E-state index is 4.20. The Morgan fingerprint density at radius 1 is 0.458 bits per heavy atom. The quantitative estimate of drug-likeness (QED) is 0.143. The number of H-pyrrole nitrogens is 4. The van der Waals surface area contributed by atoms with Gasteiger partial charge in [-0.2, -0.15) is 0 Å². The number of aromatic amines is 4. The summed E-state index contributed by atoms with van der Waals surface area (Å²) >= 11 is 0. The van der Waals surface area contributed by atoms with Crippen LogP contribution in [-0.4, -0.2) is 19.9 Å². The molecule has 10 aliphatic rings. The summed E-state index contributed by atoms with van der Waals surface area (Å²) in [5.74, 6) is 3.88. The van der Waals surface area contributed by atoms with Gasteiger partial charge in [0.05, 0.1) is 0 Å². The van der Waals surface area contributed by atoms with Gasteiger partial charge in [-0.25, -0.2) is 0 Å². The highest BCUT2D eigenvalue weighted by atomic mass is 14.8. The van der Waals surface area contributed by atoms with Gasteiger partial charge in [-0.1, -0.05) is 57.2 Å².